The highest BCUT2D eigenvalue weighted by Gasteiger charge is 2.42. The van der Waals surface area contributed by atoms with Crippen LogP contribution < -0.4 is 25.0 Å². The lowest BCUT2D eigenvalue weighted by Gasteiger charge is -2.29. The molecular formula is C32H33N5O3S. The van der Waals surface area contributed by atoms with Gasteiger partial charge in [0.1, 0.15) is 0 Å². The highest BCUT2D eigenvalue weighted by molar-refractivity contribution is 7.80. The Morgan fingerprint density at radius 1 is 1.02 bits per heavy atom. The molecule has 6 rings (SSSR count). The van der Waals surface area contributed by atoms with Crippen LogP contribution >= 0.6 is 12.2 Å². The Morgan fingerprint density at radius 3 is 2.54 bits per heavy atom. The number of hydrogen-bond donors (Lipinski definition) is 2. The number of aryl methyl sites for hydroxylation is 2. The lowest BCUT2D eigenvalue weighted by Crippen LogP contribution is -2.29. The van der Waals surface area contributed by atoms with Gasteiger partial charge in [0.15, 0.2) is 16.6 Å². The first-order valence-corrected chi connectivity index (χ1v) is 14.1. The predicted molar refractivity (Wildman–Crippen MR) is 164 cm³/mol. The summed E-state index contributed by atoms with van der Waals surface area (Å²) in [6.45, 7) is 10.3. The van der Waals surface area contributed by atoms with Crippen LogP contribution in [0.2, 0.25) is 0 Å². The van der Waals surface area contributed by atoms with Crippen molar-refractivity contribution < 1.29 is 14.3 Å². The van der Waals surface area contributed by atoms with Crippen LogP contribution in [-0.2, 0) is 4.79 Å². The molecule has 2 aliphatic heterocycles. The lowest BCUT2D eigenvalue weighted by molar-refractivity contribution is -0.118. The molecule has 1 amide bonds. The number of benzene rings is 2. The van der Waals surface area contributed by atoms with Gasteiger partial charge in [-0.2, -0.15) is 0 Å². The maximum Gasteiger partial charge on any atom is 0.231 e. The number of amides is 1. The van der Waals surface area contributed by atoms with Crippen LogP contribution in [0.3, 0.4) is 0 Å². The summed E-state index contributed by atoms with van der Waals surface area (Å²) in [6.07, 6.45) is 1.81. The molecule has 0 aliphatic carbocycles. The molecule has 9 heteroatoms. The maximum atomic E-state index is 12.4. The van der Waals surface area contributed by atoms with E-state index in [-0.39, 0.29) is 30.7 Å². The van der Waals surface area contributed by atoms with Crippen molar-refractivity contribution in [2.24, 2.45) is 5.92 Å². The van der Waals surface area contributed by atoms with Crippen molar-refractivity contribution in [3.63, 3.8) is 0 Å². The number of hydrogen-bond acceptors (Lipinski definition) is 5. The maximum absolute atomic E-state index is 12.4. The van der Waals surface area contributed by atoms with Crippen molar-refractivity contribution in [1.29, 1.82) is 0 Å². The van der Waals surface area contributed by atoms with Gasteiger partial charge in [-0.1, -0.05) is 19.9 Å². The minimum absolute atomic E-state index is 0.0109. The topological polar surface area (TPSA) is 80.7 Å². The van der Waals surface area contributed by atoms with E-state index >= 15 is 0 Å². The number of fused-ring (bicyclic) bond motifs is 1. The Morgan fingerprint density at radius 2 is 1.80 bits per heavy atom. The molecule has 2 aliphatic rings. The van der Waals surface area contributed by atoms with Gasteiger partial charge in [-0.3, -0.25) is 9.78 Å². The quantitative estimate of drug-likeness (QED) is 0.265. The Hall–Kier alpha value is -4.37. The molecule has 2 aromatic heterocycles. The zero-order chi connectivity index (χ0) is 28.8. The molecule has 0 spiro atoms. The zero-order valence-corrected chi connectivity index (χ0v) is 24.6. The molecule has 2 aromatic carbocycles. The second-order valence-corrected chi connectivity index (χ2v) is 11.2. The molecule has 4 heterocycles. The summed E-state index contributed by atoms with van der Waals surface area (Å²) in [4.78, 5) is 19.2. The fraction of sp³-hybridized carbons (Fsp3) is 0.281. The average Bonchev–Trinajstić information content (AvgIpc) is 3.64. The van der Waals surface area contributed by atoms with Crippen molar-refractivity contribution in [1.82, 2.24) is 14.9 Å². The van der Waals surface area contributed by atoms with Gasteiger partial charge in [-0.15, -0.1) is 0 Å². The first kappa shape index (κ1) is 26.8. The molecule has 2 N–H and O–H groups in total. The van der Waals surface area contributed by atoms with E-state index in [1.54, 1.807) is 0 Å². The van der Waals surface area contributed by atoms with E-state index in [0.29, 0.717) is 5.11 Å². The third-order valence-electron chi connectivity index (χ3n) is 7.77. The van der Waals surface area contributed by atoms with E-state index in [0.717, 1.165) is 56.8 Å². The van der Waals surface area contributed by atoms with Crippen LogP contribution in [0.4, 0.5) is 11.4 Å². The van der Waals surface area contributed by atoms with Gasteiger partial charge in [0, 0.05) is 46.6 Å². The van der Waals surface area contributed by atoms with E-state index in [1.807, 2.05) is 69.4 Å². The van der Waals surface area contributed by atoms with Gasteiger partial charge in [-0.05, 0) is 92.6 Å². The third-order valence-corrected chi connectivity index (χ3v) is 8.09. The summed E-state index contributed by atoms with van der Waals surface area (Å²) in [5.41, 5.74) is 7.95. The second-order valence-electron chi connectivity index (χ2n) is 10.8. The van der Waals surface area contributed by atoms with Gasteiger partial charge < -0.3 is 29.6 Å². The Bertz CT molecular complexity index is 1650. The normalized spacial score (nSPS) is 17.7. The number of ether oxygens (including phenoxy) is 2. The molecule has 1 fully saturated rings. The number of rotatable bonds is 6. The van der Waals surface area contributed by atoms with Crippen LogP contribution in [0.25, 0.3) is 5.69 Å². The number of pyridine rings is 1. The number of nitrogens with one attached hydrogen (secondary N) is 2. The van der Waals surface area contributed by atoms with Crippen molar-refractivity contribution in [2.45, 2.75) is 46.7 Å². The standard InChI is InChI=1S/C32H33N5O3S/c1-18(2)31(38)34-25-11-9-22(14-19(25)3)37-30(29(35-32(37)41)26-8-6-7-13-33-26)24-15-20(4)36(21(24)5)23-10-12-27-28(16-23)40-17-39-27/h6-16,18,29-30H,17H2,1-5H3,(H,34,38)(H,35,41)/t29-,30+/m1/s1. The van der Waals surface area contributed by atoms with Crippen molar-refractivity contribution in [2.75, 3.05) is 17.0 Å². The molecule has 4 aromatic rings. The largest absolute Gasteiger partial charge is 0.454 e. The molecule has 0 unspecified atom stereocenters. The monoisotopic (exact) mass is 567 g/mol. The number of thiocarbonyl (C=S) groups is 1. The van der Waals surface area contributed by atoms with Gasteiger partial charge >= 0.3 is 0 Å². The highest BCUT2D eigenvalue weighted by atomic mass is 32.1. The van der Waals surface area contributed by atoms with Crippen LogP contribution in [0.5, 0.6) is 11.5 Å². The summed E-state index contributed by atoms with van der Waals surface area (Å²) in [6, 6.07) is 19.9. The van der Waals surface area contributed by atoms with E-state index in [4.69, 9.17) is 26.7 Å². The summed E-state index contributed by atoms with van der Waals surface area (Å²) in [5, 5.41) is 7.21. The smallest absolute Gasteiger partial charge is 0.231 e. The molecule has 0 radical (unpaired) electrons. The second kappa shape index (κ2) is 10.6. The van der Waals surface area contributed by atoms with Gasteiger partial charge in [0.2, 0.25) is 12.7 Å². The number of carbonyl (C=O) groups excluding carboxylic acids is 1. The first-order chi connectivity index (χ1) is 19.7. The fourth-order valence-electron chi connectivity index (χ4n) is 5.67. The van der Waals surface area contributed by atoms with E-state index < -0.39 is 0 Å². The summed E-state index contributed by atoms with van der Waals surface area (Å²) in [5.74, 6) is 1.39. The van der Waals surface area contributed by atoms with Crippen molar-refractivity contribution >= 4 is 34.6 Å². The van der Waals surface area contributed by atoms with Crippen LogP contribution in [-0.4, -0.2) is 27.4 Å². The molecule has 1 saturated heterocycles. The summed E-state index contributed by atoms with van der Waals surface area (Å²) >= 11 is 5.97. The molecule has 8 nitrogen and oxygen atoms in total. The van der Waals surface area contributed by atoms with Gasteiger partial charge in [0.25, 0.3) is 0 Å². The van der Waals surface area contributed by atoms with Crippen LogP contribution in [0.1, 0.15) is 54.1 Å². The zero-order valence-electron chi connectivity index (χ0n) is 23.8. The summed E-state index contributed by atoms with van der Waals surface area (Å²) < 4.78 is 13.4. The number of aromatic nitrogens is 2. The molecule has 0 bridgehead atoms. The van der Waals surface area contributed by atoms with E-state index in [2.05, 4.69) is 52.1 Å². The predicted octanol–water partition coefficient (Wildman–Crippen LogP) is 6.30. The van der Waals surface area contributed by atoms with E-state index in [9.17, 15) is 4.79 Å². The van der Waals surface area contributed by atoms with Crippen molar-refractivity contribution in [3.05, 3.63) is 95.1 Å². The fourth-order valence-corrected chi connectivity index (χ4v) is 6.02. The lowest BCUT2D eigenvalue weighted by atomic mass is 9.96. The Labute approximate surface area is 245 Å². The number of carbonyl (C=O) groups is 1. The number of anilines is 2. The van der Waals surface area contributed by atoms with Gasteiger partial charge in [-0.25, -0.2) is 0 Å². The van der Waals surface area contributed by atoms with E-state index in [1.165, 1.54) is 0 Å². The Kier molecular flexibility index (Phi) is 6.91. The molecule has 41 heavy (non-hydrogen) atoms. The minimum Gasteiger partial charge on any atom is -0.454 e. The first-order valence-electron chi connectivity index (χ1n) is 13.7. The highest BCUT2D eigenvalue weighted by Crippen LogP contribution is 2.45. The average molecular weight is 568 g/mol. The number of nitrogens with zero attached hydrogens (tertiary/aromatic N) is 3. The van der Waals surface area contributed by atoms with Gasteiger partial charge in [0.05, 0.1) is 17.8 Å². The molecule has 210 valence electrons. The molecule has 0 saturated carbocycles. The Balaban J connectivity index is 1.44. The van der Waals surface area contributed by atoms with Crippen molar-refractivity contribution in [3.8, 4) is 17.2 Å². The summed E-state index contributed by atoms with van der Waals surface area (Å²) in [7, 11) is 0. The van der Waals surface area contributed by atoms with Crippen LogP contribution in [0.15, 0.2) is 66.9 Å². The molecular weight excluding hydrogens is 534 g/mol. The molecule has 2 atom stereocenters. The SMILES string of the molecule is Cc1cc(N2C(=S)N[C@H](c3ccccn3)[C@@H]2c2cc(C)n(-c3ccc4c(c3)OCO4)c2C)ccc1NC(=O)C(C)C. The third kappa shape index (κ3) is 4.80. The van der Waals surface area contributed by atoms with Crippen LogP contribution in [0, 0.1) is 26.7 Å². The minimum atomic E-state index is -0.171.